The molecule has 0 saturated carbocycles. The summed E-state index contributed by atoms with van der Waals surface area (Å²) < 4.78 is 0. The van der Waals surface area contributed by atoms with Gasteiger partial charge in [0.2, 0.25) is 0 Å². The van der Waals surface area contributed by atoms with Gasteiger partial charge in [-0.3, -0.25) is 9.74 Å². The van der Waals surface area contributed by atoms with Crippen LogP contribution < -0.4 is 0 Å². The lowest BCUT2D eigenvalue weighted by atomic mass is 10.3. The first-order valence-electron chi connectivity index (χ1n) is 3.24. The average molecular weight is 130 g/mol. The van der Waals surface area contributed by atoms with Crippen LogP contribution in [0.2, 0.25) is 0 Å². The van der Waals surface area contributed by atoms with E-state index in [1.54, 1.807) is 0 Å². The zero-order valence-corrected chi connectivity index (χ0v) is 6.29. The molecule has 0 bridgehead atoms. The van der Waals surface area contributed by atoms with Crippen molar-refractivity contribution in [1.82, 2.24) is 9.96 Å². The van der Waals surface area contributed by atoms with E-state index in [-0.39, 0.29) is 0 Å². The molecular weight excluding hydrogens is 116 g/mol. The van der Waals surface area contributed by atoms with Crippen LogP contribution in [-0.4, -0.2) is 43.4 Å². The fraction of sp³-hybridized carbons (Fsp3) is 1.00. The van der Waals surface area contributed by atoms with Crippen molar-refractivity contribution in [2.75, 3.05) is 27.4 Å². The van der Waals surface area contributed by atoms with Crippen LogP contribution in [0.4, 0.5) is 0 Å². The smallest absolute Gasteiger partial charge is 0.121 e. The molecule has 0 aromatic rings. The summed E-state index contributed by atoms with van der Waals surface area (Å²) in [6.45, 7) is 3.91. The summed E-state index contributed by atoms with van der Waals surface area (Å²) in [4.78, 5) is 7.40. The van der Waals surface area contributed by atoms with Crippen molar-refractivity contribution in [3.8, 4) is 0 Å². The van der Waals surface area contributed by atoms with Crippen LogP contribution in [0, 0.1) is 0 Å². The van der Waals surface area contributed by atoms with E-state index in [0.29, 0.717) is 6.04 Å². The topological polar surface area (TPSA) is 15.7 Å². The average Bonchev–Trinajstić information content (AvgIpc) is 1.80. The van der Waals surface area contributed by atoms with Gasteiger partial charge in [0.1, 0.15) is 6.73 Å². The highest BCUT2D eigenvalue weighted by atomic mass is 16.7. The van der Waals surface area contributed by atoms with Gasteiger partial charge in [-0.05, 0) is 14.0 Å². The highest BCUT2D eigenvalue weighted by molar-refractivity contribution is 4.64. The lowest BCUT2D eigenvalue weighted by molar-refractivity contribution is -0.218. The van der Waals surface area contributed by atoms with Crippen LogP contribution in [0.25, 0.3) is 0 Å². The number of hydrogen-bond donors (Lipinski definition) is 0. The zero-order valence-electron chi connectivity index (χ0n) is 6.29. The number of hydroxylamine groups is 2. The summed E-state index contributed by atoms with van der Waals surface area (Å²) in [5.41, 5.74) is 0. The summed E-state index contributed by atoms with van der Waals surface area (Å²) in [5, 5.41) is 1.88. The zero-order chi connectivity index (χ0) is 6.85. The molecule has 1 heterocycles. The first-order chi connectivity index (χ1) is 4.20. The van der Waals surface area contributed by atoms with Crippen LogP contribution in [0.3, 0.4) is 0 Å². The van der Waals surface area contributed by atoms with Gasteiger partial charge in [0.05, 0.1) is 0 Å². The van der Waals surface area contributed by atoms with Crippen molar-refractivity contribution in [2.24, 2.45) is 0 Å². The van der Waals surface area contributed by atoms with Gasteiger partial charge in [0.15, 0.2) is 0 Å². The van der Waals surface area contributed by atoms with E-state index in [9.17, 15) is 0 Å². The maximum Gasteiger partial charge on any atom is 0.121 e. The Kier molecular flexibility index (Phi) is 2.05. The fourth-order valence-electron chi connectivity index (χ4n) is 0.881. The van der Waals surface area contributed by atoms with Gasteiger partial charge in [-0.2, -0.15) is 5.06 Å². The Hall–Kier alpha value is -0.120. The first-order valence-corrected chi connectivity index (χ1v) is 3.24. The molecule has 0 N–H and O–H groups in total. The molecule has 1 saturated heterocycles. The van der Waals surface area contributed by atoms with Crippen molar-refractivity contribution in [3.63, 3.8) is 0 Å². The van der Waals surface area contributed by atoms with E-state index in [2.05, 4.69) is 18.9 Å². The second-order valence-electron chi connectivity index (χ2n) is 2.67. The highest BCUT2D eigenvalue weighted by Crippen LogP contribution is 2.04. The third-order valence-corrected chi connectivity index (χ3v) is 1.76. The molecule has 1 fully saturated rings. The Balaban J connectivity index is 2.35. The van der Waals surface area contributed by atoms with E-state index >= 15 is 0 Å². The number of rotatable bonds is 0. The summed E-state index contributed by atoms with van der Waals surface area (Å²) in [6, 6.07) is 0.615. The minimum Gasteiger partial charge on any atom is -0.284 e. The molecule has 1 rings (SSSR count). The summed E-state index contributed by atoms with van der Waals surface area (Å²) in [7, 11) is 4.03. The molecule has 1 aliphatic heterocycles. The van der Waals surface area contributed by atoms with Gasteiger partial charge in [-0.1, -0.05) is 0 Å². The molecule has 0 aliphatic carbocycles. The van der Waals surface area contributed by atoms with E-state index in [4.69, 9.17) is 4.84 Å². The predicted octanol–water partition coefficient (Wildman–Crippen LogP) is 0.141. The van der Waals surface area contributed by atoms with Crippen LogP contribution in [0.5, 0.6) is 0 Å². The summed E-state index contributed by atoms with van der Waals surface area (Å²) >= 11 is 0. The second-order valence-corrected chi connectivity index (χ2v) is 2.67. The van der Waals surface area contributed by atoms with Gasteiger partial charge in [0, 0.05) is 19.6 Å². The molecule has 0 aromatic heterocycles. The maximum atomic E-state index is 5.22. The fourth-order valence-corrected chi connectivity index (χ4v) is 0.881. The number of hydrogen-bond acceptors (Lipinski definition) is 3. The Labute approximate surface area is 56.1 Å². The molecule has 0 amide bonds. The van der Waals surface area contributed by atoms with Crippen molar-refractivity contribution >= 4 is 0 Å². The third kappa shape index (κ3) is 1.64. The van der Waals surface area contributed by atoms with E-state index in [1.165, 1.54) is 0 Å². The Morgan fingerprint density at radius 2 is 2.11 bits per heavy atom. The predicted molar refractivity (Wildman–Crippen MR) is 35.8 cm³/mol. The molecule has 0 radical (unpaired) electrons. The van der Waals surface area contributed by atoms with Crippen LogP contribution in [-0.2, 0) is 4.84 Å². The normalized spacial score (nSPS) is 33.0. The van der Waals surface area contributed by atoms with Gasteiger partial charge in [-0.25, -0.2) is 0 Å². The van der Waals surface area contributed by atoms with Crippen molar-refractivity contribution in [2.45, 2.75) is 13.0 Å². The monoisotopic (exact) mass is 130 g/mol. The SMILES string of the molecule is CC1CN(C)OCN1C. The van der Waals surface area contributed by atoms with E-state index < -0.39 is 0 Å². The molecule has 9 heavy (non-hydrogen) atoms. The number of nitrogens with zero attached hydrogens (tertiary/aromatic N) is 2. The van der Waals surface area contributed by atoms with Crippen molar-refractivity contribution in [1.29, 1.82) is 0 Å². The molecule has 0 aromatic carbocycles. The molecular formula is C6H14N2O. The van der Waals surface area contributed by atoms with Crippen molar-refractivity contribution < 1.29 is 4.84 Å². The maximum absolute atomic E-state index is 5.22. The van der Waals surface area contributed by atoms with Gasteiger partial charge >= 0.3 is 0 Å². The summed E-state index contributed by atoms with van der Waals surface area (Å²) in [6.07, 6.45) is 0. The van der Waals surface area contributed by atoms with Crippen molar-refractivity contribution in [3.05, 3.63) is 0 Å². The largest absolute Gasteiger partial charge is 0.284 e. The summed E-state index contributed by atoms with van der Waals surface area (Å²) in [5.74, 6) is 0. The lowest BCUT2D eigenvalue weighted by Gasteiger charge is -2.34. The molecule has 1 atom stereocenters. The Morgan fingerprint density at radius 1 is 1.44 bits per heavy atom. The van der Waals surface area contributed by atoms with Gasteiger partial charge in [0.25, 0.3) is 0 Å². The molecule has 3 nitrogen and oxygen atoms in total. The third-order valence-electron chi connectivity index (χ3n) is 1.76. The van der Waals surface area contributed by atoms with E-state index in [0.717, 1.165) is 13.3 Å². The van der Waals surface area contributed by atoms with Crippen LogP contribution >= 0.6 is 0 Å². The first kappa shape index (κ1) is 6.99. The minimum atomic E-state index is 0.615. The van der Waals surface area contributed by atoms with Gasteiger partial charge < -0.3 is 0 Å². The quantitative estimate of drug-likeness (QED) is 0.464. The van der Waals surface area contributed by atoms with Gasteiger partial charge in [-0.15, -0.1) is 0 Å². The highest BCUT2D eigenvalue weighted by Gasteiger charge is 2.17. The molecule has 0 spiro atoms. The standard InChI is InChI=1S/C6H14N2O/c1-6-4-8(3)9-5-7(6)2/h6H,4-5H2,1-3H3. The lowest BCUT2D eigenvalue weighted by Crippen LogP contribution is -2.46. The van der Waals surface area contributed by atoms with E-state index in [1.807, 2.05) is 12.1 Å². The minimum absolute atomic E-state index is 0.615. The second kappa shape index (κ2) is 2.64. The molecule has 3 heteroatoms. The Bertz CT molecular complexity index is 97.1. The molecule has 1 unspecified atom stereocenters. The van der Waals surface area contributed by atoms with Crippen LogP contribution in [0.15, 0.2) is 0 Å². The molecule has 1 aliphatic rings. The molecule has 54 valence electrons. The Morgan fingerprint density at radius 3 is 2.56 bits per heavy atom. The van der Waals surface area contributed by atoms with Crippen LogP contribution in [0.1, 0.15) is 6.92 Å². The number of likely N-dealkylation sites (N-methyl/N-ethyl adjacent to an activating group) is 2.